The first kappa shape index (κ1) is 11.5. The molecule has 1 aliphatic carbocycles. The first-order valence-corrected chi connectivity index (χ1v) is 6.05. The third-order valence-corrected chi connectivity index (χ3v) is 3.88. The van der Waals surface area contributed by atoms with Crippen LogP contribution in [0.25, 0.3) is 0 Å². The molecule has 0 radical (unpaired) electrons. The third kappa shape index (κ3) is 1.97. The van der Waals surface area contributed by atoms with Crippen molar-refractivity contribution in [2.75, 3.05) is 0 Å². The summed E-state index contributed by atoms with van der Waals surface area (Å²) in [6.07, 6.45) is 4.01. The van der Waals surface area contributed by atoms with E-state index in [9.17, 15) is 10.1 Å². The fourth-order valence-electron chi connectivity index (χ4n) is 2.26. The minimum absolute atomic E-state index is 0.0919. The molecule has 0 saturated heterocycles. The molecular formula is C11H13BrN2O2. The maximum atomic E-state index is 10.8. The Morgan fingerprint density at radius 3 is 2.56 bits per heavy atom. The van der Waals surface area contributed by atoms with Gasteiger partial charge < -0.3 is 5.73 Å². The zero-order chi connectivity index (χ0) is 11.8. The van der Waals surface area contributed by atoms with Gasteiger partial charge in [-0.25, -0.2) is 0 Å². The van der Waals surface area contributed by atoms with Crippen LogP contribution >= 0.6 is 15.9 Å². The Labute approximate surface area is 102 Å². The van der Waals surface area contributed by atoms with Crippen LogP contribution in [0.15, 0.2) is 22.7 Å². The number of nitro benzene ring substituents is 1. The lowest BCUT2D eigenvalue weighted by atomic mass is 9.89. The van der Waals surface area contributed by atoms with Gasteiger partial charge in [-0.15, -0.1) is 0 Å². The highest BCUT2D eigenvalue weighted by atomic mass is 79.9. The van der Waals surface area contributed by atoms with Crippen molar-refractivity contribution >= 4 is 21.6 Å². The maximum Gasteiger partial charge on any atom is 0.283 e. The smallest absolute Gasteiger partial charge is 0.283 e. The van der Waals surface area contributed by atoms with Crippen molar-refractivity contribution in [3.05, 3.63) is 38.3 Å². The molecule has 0 amide bonds. The van der Waals surface area contributed by atoms with E-state index in [1.165, 1.54) is 0 Å². The molecule has 4 nitrogen and oxygen atoms in total. The number of nitrogens with zero attached hydrogens (tertiary/aromatic N) is 1. The molecule has 0 heterocycles. The van der Waals surface area contributed by atoms with Crippen LogP contribution in [-0.4, -0.2) is 4.92 Å². The molecule has 1 aromatic carbocycles. The van der Waals surface area contributed by atoms with Gasteiger partial charge in [0.2, 0.25) is 0 Å². The monoisotopic (exact) mass is 284 g/mol. The standard InChI is InChI=1S/C11H13BrN2O2/c12-9-4-3-8(7-10(9)14(15)16)11(13)5-1-2-6-11/h3-4,7H,1-2,5-6,13H2. The lowest BCUT2D eigenvalue weighted by Gasteiger charge is -2.23. The van der Waals surface area contributed by atoms with Gasteiger partial charge in [0.25, 0.3) is 5.69 Å². The van der Waals surface area contributed by atoms with Crippen molar-refractivity contribution < 1.29 is 4.92 Å². The van der Waals surface area contributed by atoms with Crippen molar-refractivity contribution in [1.29, 1.82) is 0 Å². The van der Waals surface area contributed by atoms with E-state index in [2.05, 4.69) is 15.9 Å². The Kier molecular flexibility index (Phi) is 2.99. The van der Waals surface area contributed by atoms with Crippen LogP contribution in [0.5, 0.6) is 0 Å². The number of rotatable bonds is 2. The van der Waals surface area contributed by atoms with Gasteiger partial charge in [-0.1, -0.05) is 18.9 Å². The molecule has 0 unspecified atom stereocenters. The summed E-state index contributed by atoms with van der Waals surface area (Å²) in [5.41, 5.74) is 6.86. The van der Waals surface area contributed by atoms with Gasteiger partial charge in [0.15, 0.2) is 0 Å². The summed E-state index contributed by atoms with van der Waals surface area (Å²) < 4.78 is 0.503. The topological polar surface area (TPSA) is 69.2 Å². The first-order chi connectivity index (χ1) is 7.53. The number of nitro groups is 1. The molecule has 0 aromatic heterocycles. The second kappa shape index (κ2) is 4.14. The summed E-state index contributed by atoms with van der Waals surface area (Å²) >= 11 is 3.17. The Balaban J connectivity index is 2.43. The van der Waals surface area contributed by atoms with Crippen LogP contribution < -0.4 is 5.73 Å². The van der Waals surface area contributed by atoms with Gasteiger partial charge >= 0.3 is 0 Å². The van der Waals surface area contributed by atoms with Gasteiger partial charge in [-0.2, -0.15) is 0 Å². The number of halogens is 1. The van der Waals surface area contributed by atoms with Crippen LogP contribution in [0, 0.1) is 10.1 Å². The molecule has 86 valence electrons. The highest BCUT2D eigenvalue weighted by Crippen LogP contribution is 2.38. The summed E-state index contributed by atoms with van der Waals surface area (Å²) in [5.74, 6) is 0. The minimum atomic E-state index is -0.383. The van der Waals surface area contributed by atoms with Crippen LogP contribution in [0.3, 0.4) is 0 Å². The quantitative estimate of drug-likeness (QED) is 0.670. The van der Waals surface area contributed by atoms with E-state index in [4.69, 9.17) is 5.73 Å². The van der Waals surface area contributed by atoms with Crippen molar-refractivity contribution in [1.82, 2.24) is 0 Å². The summed E-state index contributed by atoms with van der Waals surface area (Å²) in [7, 11) is 0. The van der Waals surface area contributed by atoms with Gasteiger partial charge in [0.1, 0.15) is 0 Å². The average Bonchev–Trinajstić information content (AvgIpc) is 2.66. The molecule has 1 aromatic rings. The van der Waals surface area contributed by atoms with Gasteiger partial charge in [0.05, 0.1) is 9.40 Å². The molecular weight excluding hydrogens is 272 g/mol. The van der Waals surface area contributed by atoms with Crippen LogP contribution in [-0.2, 0) is 5.54 Å². The number of nitrogens with two attached hydrogens (primary N) is 1. The second-order valence-electron chi connectivity index (χ2n) is 4.29. The van der Waals surface area contributed by atoms with Crippen LogP contribution in [0.4, 0.5) is 5.69 Å². The van der Waals surface area contributed by atoms with Crippen molar-refractivity contribution in [2.45, 2.75) is 31.2 Å². The normalized spacial score (nSPS) is 18.6. The highest BCUT2D eigenvalue weighted by Gasteiger charge is 2.32. The molecule has 0 atom stereocenters. The van der Waals surface area contributed by atoms with Crippen LogP contribution in [0.2, 0.25) is 0 Å². The highest BCUT2D eigenvalue weighted by molar-refractivity contribution is 9.10. The molecule has 2 rings (SSSR count). The Morgan fingerprint density at radius 1 is 1.38 bits per heavy atom. The summed E-state index contributed by atoms with van der Waals surface area (Å²) in [6.45, 7) is 0. The van der Waals surface area contributed by atoms with E-state index in [1.807, 2.05) is 6.07 Å². The predicted octanol–water partition coefficient (Wildman–Crippen LogP) is 3.09. The molecule has 1 fully saturated rings. The lowest BCUT2D eigenvalue weighted by Crippen LogP contribution is -2.33. The predicted molar refractivity (Wildman–Crippen MR) is 65.1 cm³/mol. The van der Waals surface area contributed by atoms with E-state index in [-0.39, 0.29) is 16.1 Å². The lowest BCUT2D eigenvalue weighted by molar-refractivity contribution is -0.385. The molecule has 5 heteroatoms. The van der Waals surface area contributed by atoms with Gasteiger partial charge in [-0.05, 0) is 40.4 Å². The Hall–Kier alpha value is -0.940. The summed E-state index contributed by atoms with van der Waals surface area (Å²) in [4.78, 5) is 10.4. The molecule has 0 bridgehead atoms. The summed E-state index contributed by atoms with van der Waals surface area (Å²) in [5, 5.41) is 10.8. The molecule has 16 heavy (non-hydrogen) atoms. The molecule has 2 N–H and O–H groups in total. The zero-order valence-electron chi connectivity index (χ0n) is 8.78. The van der Waals surface area contributed by atoms with E-state index >= 15 is 0 Å². The van der Waals surface area contributed by atoms with Crippen molar-refractivity contribution in [3.63, 3.8) is 0 Å². The first-order valence-electron chi connectivity index (χ1n) is 5.26. The third-order valence-electron chi connectivity index (χ3n) is 3.21. The zero-order valence-corrected chi connectivity index (χ0v) is 10.4. The number of benzene rings is 1. The molecule has 1 saturated carbocycles. The minimum Gasteiger partial charge on any atom is -0.321 e. The van der Waals surface area contributed by atoms with Crippen molar-refractivity contribution in [2.24, 2.45) is 5.73 Å². The number of hydrogen-bond acceptors (Lipinski definition) is 3. The van der Waals surface area contributed by atoms with E-state index in [1.54, 1.807) is 12.1 Å². The Bertz CT molecular complexity index is 428. The number of hydrogen-bond donors (Lipinski definition) is 1. The van der Waals surface area contributed by atoms with Gasteiger partial charge in [-0.3, -0.25) is 10.1 Å². The molecule has 0 aliphatic heterocycles. The molecule has 1 aliphatic rings. The van der Waals surface area contributed by atoms with Crippen molar-refractivity contribution in [3.8, 4) is 0 Å². The van der Waals surface area contributed by atoms with E-state index in [0.29, 0.717) is 4.47 Å². The average molecular weight is 285 g/mol. The van der Waals surface area contributed by atoms with Crippen LogP contribution in [0.1, 0.15) is 31.2 Å². The van der Waals surface area contributed by atoms with E-state index in [0.717, 1.165) is 31.2 Å². The summed E-state index contributed by atoms with van der Waals surface area (Å²) in [6, 6.07) is 5.18. The Morgan fingerprint density at radius 2 is 2.00 bits per heavy atom. The largest absolute Gasteiger partial charge is 0.321 e. The van der Waals surface area contributed by atoms with E-state index < -0.39 is 0 Å². The fraction of sp³-hybridized carbons (Fsp3) is 0.455. The second-order valence-corrected chi connectivity index (χ2v) is 5.14. The fourth-order valence-corrected chi connectivity index (χ4v) is 2.65. The maximum absolute atomic E-state index is 10.8. The SMILES string of the molecule is NC1(c2ccc(Br)c([N+](=O)[O-])c2)CCCC1. The molecule has 0 spiro atoms. The van der Waals surface area contributed by atoms with Gasteiger partial charge in [0, 0.05) is 11.6 Å².